The molecule has 0 amide bonds. The Bertz CT molecular complexity index is 1430. The van der Waals surface area contributed by atoms with Gasteiger partial charge in [0.2, 0.25) is 0 Å². The van der Waals surface area contributed by atoms with E-state index >= 15 is 0 Å². The molecule has 1 aliphatic carbocycles. The number of hydrogen-bond acceptors (Lipinski definition) is 13. The van der Waals surface area contributed by atoms with Crippen LogP contribution in [0.25, 0.3) is 6.08 Å². The summed E-state index contributed by atoms with van der Waals surface area (Å²) in [5, 5.41) is 64.7. The number of aromatic hydroxyl groups is 1. The molecule has 0 aromatic heterocycles. The van der Waals surface area contributed by atoms with E-state index in [0.29, 0.717) is 18.4 Å². The molecule has 4 rings (SSSR count). The second-order valence-corrected chi connectivity index (χ2v) is 12.4. The first kappa shape index (κ1) is 37.3. The van der Waals surface area contributed by atoms with Crippen molar-refractivity contribution in [2.75, 3.05) is 33.4 Å². The Kier molecular flexibility index (Phi) is 13.4. The summed E-state index contributed by atoms with van der Waals surface area (Å²) in [7, 11) is 1.39. The lowest BCUT2D eigenvalue weighted by molar-refractivity contribution is -0.287. The molecule has 8 atom stereocenters. The van der Waals surface area contributed by atoms with Gasteiger partial charge in [-0.05, 0) is 84.9 Å². The van der Waals surface area contributed by atoms with E-state index in [4.69, 9.17) is 18.9 Å². The van der Waals surface area contributed by atoms with Crippen molar-refractivity contribution in [1.82, 2.24) is 5.32 Å². The van der Waals surface area contributed by atoms with Crippen LogP contribution in [0, 0.1) is 5.92 Å². The van der Waals surface area contributed by atoms with Crippen LogP contribution in [0.3, 0.4) is 0 Å². The van der Waals surface area contributed by atoms with Crippen LogP contribution in [-0.2, 0) is 36.6 Å². The second kappa shape index (κ2) is 17.2. The van der Waals surface area contributed by atoms with Crippen molar-refractivity contribution < 1.29 is 59.2 Å². The highest BCUT2D eigenvalue weighted by Gasteiger charge is 2.49. The van der Waals surface area contributed by atoms with Gasteiger partial charge in [0.15, 0.2) is 30.0 Å². The van der Waals surface area contributed by atoms with Gasteiger partial charge in [-0.15, -0.1) is 0 Å². The van der Waals surface area contributed by atoms with Crippen molar-refractivity contribution in [2.45, 2.75) is 82.3 Å². The average Bonchev–Trinajstić information content (AvgIpc) is 3.05. The molecule has 1 saturated heterocycles. The molecule has 264 valence electrons. The molecule has 1 aliphatic heterocycles. The van der Waals surface area contributed by atoms with Crippen LogP contribution < -0.4 is 10.1 Å². The van der Waals surface area contributed by atoms with Crippen LogP contribution in [0.1, 0.15) is 54.9 Å². The molecule has 1 fully saturated rings. The molecule has 0 spiro atoms. The molecule has 2 aliphatic rings. The quantitative estimate of drug-likeness (QED) is 0.110. The summed E-state index contributed by atoms with van der Waals surface area (Å²) in [5.41, 5.74) is 3.54. The van der Waals surface area contributed by atoms with E-state index in [9.17, 15) is 40.2 Å². The summed E-state index contributed by atoms with van der Waals surface area (Å²) in [6.45, 7) is 2.70. The monoisotopic (exact) mass is 673 g/mol. The Morgan fingerprint density at radius 1 is 1.10 bits per heavy atom. The maximum absolute atomic E-state index is 14.1. The van der Waals surface area contributed by atoms with E-state index in [0.717, 1.165) is 30.0 Å². The summed E-state index contributed by atoms with van der Waals surface area (Å²) in [6.07, 6.45) is -4.62. The van der Waals surface area contributed by atoms with E-state index in [1.807, 2.05) is 18.2 Å². The fourth-order valence-electron chi connectivity index (χ4n) is 6.38. The molecule has 0 unspecified atom stereocenters. The van der Waals surface area contributed by atoms with E-state index in [2.05, 4.69) is 5.32 Å². The number of benzene rings is 2. The van der Waals surface area contributed by atoms with Crippen LogP contribution in [0.5, 0.6) is 11.5 Å². The highest BCUT2D eigenvalue weighted by atomic mass is 16.7. The highest BCUT2D eigenvalue weighted by Crippen LogP contribution is 2.42. The van der Waals surface area contributed by atoms with Gasteiger partial charge in [0.05, 0.1) is 13.2 Å². The minimum atomic E-state index is -1.78. The topological polar surface area (TPSA) is 204 Å². The molecule has 13 heteroatoms. The Balaban J connectivity index is 1.70. The first-order valence-electron chi connectivity index (χ1n) is 16.1. The molecule has 2 aromatic rings. The molecule has 0 radical (unpaired) electrons. The lowest BCUT2D eigenvalue weighted by Gasteiger charge is -2.42. The molecule has 2 aromatic carbocycles. The fourth-order valence-corrected chi connectivity index (χ4v) is 6.38. The first-order valence-corrected chi connectivity index (χ1v) is 16.1. The molecule has 13 nitrogen and oxygen atoms in total. The lowest BCUT2D eigenvalue weighted by atomic mass is 9.72. The maximum atomic E-state index is 14.1. The summed E-state index contributed by atoms with van der Waals surface area (Å²) in [6, 6.07) is 10.5. The van der Waals surface area contributed by atoms with Crippen LogP contribution in [-0.4, -0.2) is 113 Å². The number of fused-ring (bicyclic) bond motifs is 1. The molecule has 0 saturated carbocycles. The fraction of sp³-hybridized carbons (Fsp3) is 0.543. The highest BCUT2D eigenvalue weighted by molar-refractivity contribution is 5.94. The summed E-state index contributed by atoms with van der Waals surface area (Å²) in [4.78, 5) is 26.2. The van der Waals surface area contributed by atoms with Crippen molar-refractivity contribution in [3.8, 4) is 11.5 Å². The van der Waals surface area contributed by atoms with Gasteiger partial charge in [-0.25, -0.2) is 4.79 Å². The molecular weight excluding hydrogens is 626 g/mol. The number of carbonyl (C=O) groups is 2. The van der Waals surface area contributed by atoms with Gasteiger partial charge in [-0.3, -0.25) is 4.79 Å². The molecular formula is C35H47NO12. The minimum Gasteiger partial charge on any atom is -0.504 e. The van der Waals surface area contributed by atoms with Crippen LogP contribution in [0.2, 0.25) is 0 Å². The summed E-state index contributed by atoms with van der Waals surface area (Å²) < 4.78 is 22.0. The Hall–Kier alpha value is -3.56. The first-order chi connectivity index (χ1) is 22.9. The zero-order valence-electron chi connectivity index (χ0n) is 27.4. The third kappa shape index (κ3) is 9.32. The number of ether oxygens (including phenoxy) is 4. The number of hydrogen-bond donors (Lipinski definition) is 7. The average molecular weight is 674 g/mol. The number of aliphatic hydroxyl groups excluding tert-OH is 5. The SMILES string of the molecule is COc1cc(C=C(C[C@@H]2c3cc(CCO)ccc3CC[C@@H]2CO)C(=O)O[C@@H]2[C@H](OC(C)=O)[C@@H](O)[C@@H](CNC[C@H](C)O)O[C@H]2O)ccc1O. The van der Waals surface area contributed by atoms with Crippen molar-refractivity contribution in [2.24, 2.45) is 5.92 Å². The Labute approximate surface area is 279 Å². The number of esters is 2. The number of phenolic OH excluding ortho intramolecular Hbond substituents is 1. The largest absolute Gasteiger partial charge is 0.504 e. The van der Waals surface area contributed by atoms with Gasteiger partial charge in [-0.2, -0.15) is 0 Å². The smallest absolute Gasteiger partial charge is 0.334 e. The van der Waals surface area contributed by atoms with E-state index in [1.165, 1.54) is 19.2 Å². The third-order valence-corrected chi connectivity index (χ3v) is 8.81. The van der Waals surface area contributed by atoms with Gasteiger partial charge in [0.25, 0.3) is 0 Å². The van der Waals surface area contributed by atoms with Crippen LogP contribution in [0.4, 0.5) is 0 Å². The zero-order valence-corrected chi connectivity index (χ0v) is 27.4. The van der Waals surface area contributed by atoms with Gasteiger partial charge >= 0.3 is 11.9 Å². The summed E-state index contributed by atoms with van der Waals surface area (Å²) in [5.74, 6) is -2.13. The third-order valence-electron chi connectivity index (χ3n) is 8.81. The zero-order chi connectivity index (χ0) is 35.0. The lowest BCUT2D eigenvalue weighted by Crippen LogP contribution is -2.62. The standard InChI is InChI=1S/C35H47NO12/c1-19(39)16-36-17-30-31(42)32(46-20(2)40)33(35(44)47-30)48-34(43)25(12-22-5-9-28(41)29(14-22)45-3)15-27-24(18-38)8-7-23-6-4-21(10-11-37)13-26(23)27/h4-6,9,12-14,19,24,27,30-33,35-39,41-42,44H,7-8,10-11,15-18H2,1-3H3/t19-,24+,27-,30+,31-,32+,33+,35+/m0/s1. The Morgan fingerprint density at radius 2 is 1.88 bits per heavy atom. The number of nitrogens with one attached hydrogen (secondary N) is 1. The van der Waals surface area contributed by atoms with Crippen molar-refractivity contribution in [3.63, 3.8) is 0 Å². The van der Waals surface area contributed by atoms with Crippen molar-refractivity contribution in [1.29, 1.82) is 0 Å². The normalized spacial score (nSPS) is 26.3. The molecule has 0 bridgehead atoms. The number of methoxy groups -OCH3 is 1. The predicted octanol–water partition coefficient (Wildman–Crippen LogP) is 0.940. The van der Waals surface area contributed by atoms with Crippen LogP contribution in [0.15, 0.2) is 42.0 Å². The number of aliphatic hydroxyl groups is 5. The van der Waals surface area contributed by atoms with Gasteiger partial charge in [0, 0.05) is 38.8 Å². The van der Waals surface area contributed by atoms with Gasteiger partial charge in [-0.1, -0.05) is 24.3 Å². The molecule has 48 heavy (non-hydrogen) atoms. The Morgan fingerprint density at radius 3 is 2.54 bits per heavy atom. The van der Waals surface area contributed by atoms with Crippen molar-refractivity contribution in [3.05, 3.63) is 64.2 Å². The van der Waals surface area contributed by atoms with Crippen molar-refractivity contribution >= 4 is 18.0 Å². The summed E-state index contributed by atoms with van der Waals surface area (Å²) >= 11 is 0. The molecule has 1 heterocycles. The minimum absolute atomic E-state index is 0.00268. The van der Waals surface area contributed by atoms with E-state index in [-0.39, 0.29) is 61.6 Å². The van der Waals surface area contributed by atoms with Gasteiger partial charge in [0.1, 0.15) is 12.2 Å². The van der Waals surface area contributed by atoms with Crippen LogP contribution >= 0.6 is 0 Å². The van der Waals surface area contributed by atoms with Gasteiger partial charge < -0.3 is 54.9 Å². The number of rotatable bonds is 14. The number of carbonyl (C=O) groups excluding carboxylic acids is 2. The molecule has 7 N–H and O–H groups in total. The predicted molar refractivity (Wildman–Crippen MR) is 173 cm³/mol. The van der Waals surface area contributed by atoms with E-state index < -0.39 is 48.7 Å². The second-order valence-electron chi connectivity index (χ2n) is 12.4. The van der Waals surface area contributed by atoms with E-state index in [1.54, 1.807) is 19.1 Å². The number of phenols is 1. The maximum Gasteiger partial charge on any atom is 0.334 e. The number of aryl methyl sites for hydroxylation is 1.